The Bertz CT molecular complexity index is 645. The molecule has 0 saturated carbocycles. The van der Waals surface area contributed by atoms with Gasteiger partial charge < -0.3 is 9.47 Å². The quantitative estimate of drug-likeness (QED) is 0.818. The fourth-order valence-electron chi connectivity index (χ4n) is 3.17. The van der Waals surface area contributed by atoms with Gasteiger partial charge in [0.05, 0.1) is 6.33 Å². The molecule has 1 aliphatic rings. The molecule has 1 saturated heterocycles. The van der Waals surface area contributed by atoms with Crippen molar-refractivity contribution in [3.63, 3.8) is 0 Å². The van der Waals surface area contributed by atoms with E-state index in [0.29, 0.717) is 6.42 Å². The number of piperazine rings is 1. The summed E-state index contributed by atoms with van der Waals surface area (Å²) >= 11 is 0. The summed E-state index contributed by atoms with van der Waals surface area (Å²) in [5, 5.41) is 0. The Hall–Kier alpha value is -2.14. The maximum absolute atomic E-state index is 12.3. The number of imidazole rings is 1. The summed E-state index contributed by atoms with van der Waals surface area (Å²) in [4.78, 5) is 20.8. The minimum absolute atomic E-state index is 0.283. The van der Waals surface area contributed by atoms with E-state index in [2.05, 4.69) is 41.1 Å². The molecule has 1 aromatic carbocycles. The summed E-state index contributed by atoms with van der Waals surface area (Å²) in [5.74, 6) is 0.283. The highest BCUT2D eigenvalue weighted by molar-refractivity contribution is 5.76. The molecule has 5 heteroatoms. The Morgan fingerprint density at radius 3 is 2.67 bits per heavy atom. The number of hydrogen-bond donors (Lipinski definition) is 0. The van der Waals surface area contributed by atoms with E-state index in [-0.39, 0.29) is 5.91 Å². The summed E-state index contributed by atoms with van der Waals surface area (Å²) in [6.45, 7) is 7.61. The van der Waals surface area contributed by atoms with Crippen LogP contribution in [0, 0.1) is 6.92 Å². The standard InChI is InChI=1S/C19H26N4O/c1-17-5-2-3-6-18(17)15-21-11-13-23(14-12-21)19(24)7-4-9-22-10-8-20-16-22/h2-3,5-6,8,10,16H,4,7,9,11-15H2,1H3. The largest absolute Gasteiger partial charge is 0.340 e. The summed E-state index contributed by atoms with van der Waals surface area (Å²) in [5.41, 5.74) is 2.73. The van der Waals surface area contributed by atoms with Gasteiger partial charge in [-0.3, -0.25) is 9.69 Å². The van der Waals surface area contributed by atoms with E-state index in [0.717, 1.165) is 45.7 Å². The number of carbonyl (C=O) groups excluding carboxylic acids is 1. The molecular formula is C19H26N4O. The lowest BCUT2D eigenvalue weighted by molar-refractivity contribution is -0.133. The van der Waals surface area contributed by atoms with Crippen molar-refractivity contribution in [1.82, 2.24) is 19.4 Å². The zero-order valence-electron chi connectivity index (χ0n) is 14.4. The van der Waals surface area contributed by atoms with Crippen molar-refractivity contribution < 1.29 is 4.79 Å². The van der Waals surface area contributed by atoms with Crippen LogP contribution in [0.2, 0.25) is 0 Å². The molecule has 0 bridgehead atoms. The highest BCUT2D eigenvalue weighted by Gasteiger charge is 2.20. The maximum Gasteiger partial charge on any atom is 0.222 e. The molecule has 128 valence electrons. The summed E-state index contributed by atoms with van der Waals surface area (Å²) in [6.07, 6.45) is 7.01. The monoisotopic (exact) mass is 326 g/mol. The van der Waals surface area contributed by atoms with Gasteiger partial charge in [-0.2, -0.15) is 0 Å². The molecule has 1 aromatic heterocycles. The number of benzene rings is 1. The number of carbonyl (C=O) groups is 1. The molecule has 3 rings (SSSR count). The minimum Gasteiger partial charge on any atom is -0.340 e. The Morgan fingerprint density at radius 1 is 1.17 bits per heavy atom. The van der Waals surface area contributed by atoms with Gasteiger partial charge in [0.1, 0.15) is 0 Å². The Kier molecular flexibility index (Phi) is 5.64. The first-order valence-electron chi connectivity index (χ1n) is 8.73. The van der Waals surface area contributed by atoms with E-state index >= 15 is 0 Å². The lowest BCUT2D eigenvalue weighted by Crippen LogP contribution is -2.48. The van der Waals surface area contributed by atoms with Crippen molar-refractivity contribution in [2.45, 2.75) is 32.9 Å². The molecule has 0 spiro atoms. The van der Waals surface area contributed by atoms with Crippen LogP contribution in [0.1, 0.15) is 24.0 Å². The van der Waals surface area contributed by atoms with Crippen LogP contribution >= 0.6 is 0 Å². The van der Waals surface area contributed by atoms with Crippen molar-refractivity contribution in [2.24, 2.45) is 0 Å². The molecule has 0 aliphatic carbocycles. The number of aryl methyl sites for hydroxylation is 2. The van der Waals surface area contributed by atoms with Crippen molar-refractivity contribution in [2.75, 3.05) is 26.2 Å². The Balaban J connectivity index is 1.39. The zero-order valence-corrected chi connectivity index (χ0v) is 14.4. The molecule has 1 aliphatic heterocycles. The van der Waals surface area contributed by atoms with Crippen LogP contribution in [0.4, 0.5) is 0 Å². The third kappa shape index (κ3) is 4.45. The van der Waals surface area contributed by atoms with Gasteiger partial charge in [-0.05, 0) is 24.5 Å². The van der Waals surface area contributed by atoms with Gasteiger partial charge in [-0.1, -0.05) is 24.3 Å². The predicted octanol–water partition coefficient (Wildman–Crippen LogP) is 2.32. The average molecular weight is 326 g/mol. The van der Waals surface area contributed by atoms with Crippen LogP contribution in [0.15, 0.2) is 43.0 Å². The fraction of sp³-hybridized carbons (Fsp3) is 0.474. The average Bonchev–Trinajstić information content (AvgIpc) is 3.11. The van der Waals surface area contributed by atoms with Crippen molar-refractivity contribution in [3.8, 4) is 0 Å². The van der Waals surface area contributed by atoms with E-state index in [1.54, 1.807) is 12.5 Å². The van der Waals surface area contributed by atoms with Crippen LogP contribution in [0.5, 0.6) is 0 Å². The van der Waals surface area contributed by atoms with Crippen molar-refractivity contribution >= 4 is 5.91 Å². The second-order valence-corrected chi connectivity index (χ2v) is 6.49. The van der Waals surface area contributed by atoms with Crippen molar-refractivity contribution in [1.29, 1.82) is 0 Å². The fourth-order valence-corrected chi connectivity index (χ4v) is 3.17. The molecular weight excluding hydrogens is 300 g/mol. The van der Waals surface area contributed by atoms with E-state index in [1.165, 1.54) is 11.1 Å². The Morgan fingerprint density at radius 2 is 1.96 bits per heavy atom. The van der Waals surface area contributed by atoms with Crippen LogP contribution in [0.3, 0.4) is 0 Å². The maximum atomic E-state index is 12.3. The summed E-state index contributed by atoms with van der Waals surface area (Å²) in [7, 11) is 0. The molecule has 0 radical (unpaired) electrons. The lowest BCUT2D eigenvalue weighted by atomic mass is 10.1. The molecule has 0 unspecified atom stereocenters. The molecule has 1 amide bonds. The van der Waals surface area contributed by atoms with Crippen LogP contribution in [0.25, 0.3) is 0 Å². The van der Waals surface area contributed by atoms with Gasteiger partial charge in [0.15, 0.2) is 0 Å². The SMILES string of the molecule is Cc1ccccc1CN1CCN(C(=O)CCCn2ccnc2)CC1. The predicted molar refractivity (Wildman–Crippen MR) is 94.5 cm³/mol. The second-order valence-electron chi connectivity index (χ2n) is 6.49. The number of rotatable bonds is 6. The number of nitrogens with zero attached hydrogens (tertiary/aromatic N) is 4. The summed E-state index contributed by atoms with van der Waals surface area (Å²) < 4.78 is 2.02. The molecule has 2 heterocycles. The van der Waals surface area contributed by atoms with Crippen molar-refractivity contribution in [3.05, 3.63) is 54.1 Å². The molecule has 2 aromatic rings. The minimum atomic E-state index is 0.283. The number of hydrogen-bond acceptors (Lipinski definition) is 3. The van der Waals surface area contributed by atoms with Gasteiger partial charge in [0, 0.05) is 58.1 Å². The second kappa shape index (κ2) is 8.11. The van der Waals surface area contributed by atoms with E-state index in [1.807, 2.05) is 15.7 Å². The van der Waals surface area contributed by atoms with Gasteiger partial charge in [0.25, 0.3) is 0 Å². The van der Waals surface area contributed by atoms with E-state index < -0.39 is 0 Å². The van der Waals surface area contributed by atoms with Gasteiger partial charge in [-0.15, -0.1) is 0 Å². The van der Waals surface area contributed by atoms with Gasteiger partial charge >= 0.3 is 0 Å². The molecule has 24 heavy (non-hydrogen) atoms. The zero-order chi connectivity index (χ0) is 16.8. The molecule has 0 atom stereocenters. The van der Waals surface area contributed by atoms with Gasteiger partial charge in [0.2, 0.25) is 5.91 Å². The van der Waals surface area contributed by atoms with Crippen LogP contribution < -0.4 is 0 Å². The molecule has 5 nitrogen and oxygen atoms in total. The van der Waals surface area contributed by atoms with Crippen LogP contribution in [-0.4, -0.2) is 51.4 Å². The normalized spacial score (nSPS) is 15.6. The number of aromatic nitrogens is 2. The van der Waals surface area contributed by atoms with Gasteiger partial charge in [-0.25, -0.2) is 4.98 Å². The third-order valence-electron chi connectivity index (χ3n) is 4.75. The lowest BCUT2D eigenvalue weighted by Gasteiger charge is -2.35. The van der Waals surface area contributed by atoms with E-state index in [4.69, 9.17) is 0 Å². The third-order valence-corrected chi connectivity index (χ3v) is 4.75. The number of amides is 1. The molecule has 0 N–H and O–H groups in total. The summed E-state index contributed by atoms with van der Waals surface area (Å²) in [6, 6.07) is 8.54. The first kappa shape index (κ1) is 16.7. The molecule has 1 fully saturated rings. The Labute approximate surface area is 143 Å². The van der Waals surface area contributed by atoms with E-state index in [9.17, 15) is 4.79 Å². The first-order valence-corrected chi connectivity index (χ1v) is 8.73. The highest BCUT2D eigenvalue weighted by atomic mass is 16.2. The first-order chi connectivity index (χ1) is 11.7. The smallest absolute Gasteiger partial charge is 0.222 e. The highest BCUT2D eigenvalue weighted by Crippen LogP contribution is 2.13. The topological polar surface area (TPSA) is 41.4 Å². The van der Waals surface area contributed by atoms with Crippen LogP contribution in [-0.2, 0) is 17.9 Å².